The van der Waals surface area contributed by atoms with Crippen LogP contribution in [0.5, 0.6) is 0 Å². The van der Waals surface area contributed by atoms with Gasteiger partial charge >= 0.3 is 12.1 Å². The zero-order valence-corrected chi connectivity index (χ0v) is 15.2. The van der Waals surface area contributed by atoms with E-state index in [1.165, 1.54) is 0 Å². The standard InChI is InChI=1S/C20H20F3NO4/c1-11-4-3-5-12(2)15(11)10-16(19(27)28)24-18(26)17(25)13-6-8-14(9-7-13)20(21,22)23/h3-9,16-17,25H,10H2,1-2H3,(H,24,26)(H,27,28)/t16-,17-/m1/s1. The van der Waals surface area contributed by atoms with Crippen LogP contribution in [0.1, 0.15) is 33.9 Å². The van der Waals surface area contributed by atoms with Crippen LogP contribution in [0.3, 0.4) is 0 Å². The fourth-order valence-electron chi connectivity index (χ4n) is 2.83. The second kappa shape index (κ2) is 8.43. The molecule has 2 rings (SSSR count). The van der Waals surface area contributed by atoms with Crippen molar-refractivity contribution in [2.24, 2.45) is 0 Å². The van der Waals surface area contributed by atoms with Gasteiger partial charge in [0.2, 0.25) is 0 Å². The van der Waals surface area contributed by atoms with E-state index in [-0.39, 0.29) is 12.0 Å². The first kappa shape index (κ1) is 21.4. The van der Waals surface area contributed by atoms with Crippen LogP contribution in [-0.4, -0.2) is 28.1 Å². The zero-order chi connectivity index (χ0) is 21.1. The first-order chi connectivity index (χ1) is 13.0. The number of hydrogen-bond acceptors (Lipinski definition) is 3. The number of nitrogens with one attached hydrogen (secondary N) is 1. The van der Waals surface area contributed by atoms with Crippen molar-refractivity contribution in [2.75, 3.05) is 0 Å². The van der Waals surface area contributed by atoms with Gasteiger partial charge in [0.25, 0.3) is 5.91 Å². The lowest BCUT2D eigenvalue weighted by atomic mass is 9.96. The number of aliphatic hydroxyl groups excluding tert-OH is 1. The van der Waals surface area contributed by atoms with Crippen molar-refractivity contribution in [2.45, 2.75) is 38.6 Å². The second-order valence-corrected chi connectivity index (χ2v) is 6.50. The maximum atomic E-state index is 12.6. The number of carbonyl (C=O) groups is 2. The molecule has 5 nitrogen and oxygen atoms in total. The smallest absolute Gasteiger partial charge is 0.416 e. The third-order valence-corrected chi connectivity index (χ3v) is 4.47. The van der Waals surface area contributed by atoms with E-state index >= 15 is 0 Å². The molecular formula is C20H20F3NO4. The van der Waals surface area contributed by atoms with Crippen LogP contribution < -0.4 is 5.32 Å². The number of carboxylic acid groups (broad SMARTS) is 1. The summed E-state index contributed by atoms with van der Waals surface area (Å²) in [5, 5.41) is 21.8. The van der Waals surface area contributed by atoms with E-state index in [4.69, 9.17) is 0 Å². The Morgan fingerprint density at radius 1 is 1.04 bits per heavy atom. The van der Waals surface area contributed by atoms with Gasteiger partial charge in [-0.1, -0.05) is 30.3 Å². The Hall–Kier alpha value is -2.87. The Balaban J connectivity index is 2.14. The molecule has 0 fully saturated rings. The summed E-state index contributed by atoms with van der Waals surface area (Å²) in [6, 6.07) is 7.63. The van der Waals surface area contributed by atoms with Crippen LogP contribution in [-0.2, 0) is 22.2 Å². The molecule has 0 saturated heterocycles. The summed E-state index contributed by atoms with van der Waals surface area (Å²) < 4.78 is 37.8. The molecule has 0 aliphatic heterocycles. The van der Waals surface area contributed by atoms with Crippen molar-refractivity contribution in [3.63, 3.8) is 0 Å². The van der Waals surface area contributed by atoms with Gasteiger partial charge < -0.3 is 15.5 Å². The lowest BCUT2D eigenvalue weighted by molar-refractivity contribution is -0.143. The van der Waals surface area contributed by atoms with Crippen molar-refractivity contribution in [1.82, 2.24) is 5.32 Å². The highest BCUT2D eigenvalue weighted by Crippen LogP contribution is 2.30. The molecule has 2 atom stereocenters. The number of hydrogen-bond donors (Lipinski definition) is 3. The molecule has 2 aromatic rings. The number of carbonyl (C=O) groups excluding carboxylic acids is 1. The number of aliphatic carboxylic acids is 1. The number of benzene rings is 2. The molecule has 0 aliphatic rings. The fourth-order valence-corrected chi connectivity index (χ4v) is 2.83. The fraction of sp³-hybridized carbons (Fsp3) is 0.300. The summed E-state index contributed by atoms with van der Waals surface area (Å²) in [7, 11) is 0. The van der Waals surface area contributed by atoms with Crippen LogP contribution in [0.2, 0.25) is 0 Å². The summed E-state index contributed by atoms with van der Waals surface area (Å²) in [6.45, 7) is 3.64. The molecule has 8 heteroatoms. The maximum Gasteiger partial charge on any atom is 0.416 e. The first-order valence-electron chi connectivity index (χ1n) is 8.44. The molecule has 1 amide bonds. The summed E-state index contributed by atoms with van der Waals surface area (Å²) >= 11 is 0. The SMILES string of the molecule is Cc1cccc(C)c1C[C@@H](NC(=O)[C@H](O)c1ccc(C(F)(F)F)cc1)C(=O)O. The Bertz CT molecular complexity index is 842. The van der Waals surface area contributed by atoms with Crippen molar-refractivity contribution in [3.05, 3.63) is 70.3 Å². The number of amides is 1. The molecule has 0 heterocycles. The first-order valence-corrected chi connectivity index (χ1v) is 8.44. The predicted octanol–water partition coefficient (Wildman–Crippen LogP) is 3.17. The minimum atomic E-state index is -4.54. The van der Waals surface area contributed by atoms with E-state index in [1.54, 1.807) is 0 Å². The number of rotatable bonds is 6. The summed E-state index contributed by atoms with van der Waals surface area (Å²) in [5.74, 6) is -2.28. The molecular weight excluding hydrogens is 375 g/mol. The Morgan fingerprint density at radius 3 is 2.04 bits per heavy atom. The second-order valence-electron chi connectivity index (χ2n) is 6.50. The average molecular weight is 395 g/mol. The summed E-state index contributed by atoms with van der Waals surface area (Å²) in [4.78, 5) is 23.8. The van der Waals surface area contributed by atoms with E-state index in [1.807, 2.05) is 32.0 Å². The van der Waals surface area contributed by atoms with Crippen molar-refractivity contribution in [1.29, 1.82) is 0 Å². The number of aliphatic hydroxyl groups is 1. The normalized spacial score (nSPS) is 13.6. The number of aryl methyl sites for hydroxylation is 2. The molecule has 28 heavy (non-hydrogen) atoms. The minimum Gasteiger partial charge on any atom is -0.480 e. The van der Waals surface area contributed by atoms with Gasteiger partial charge in [0.05, 0.1) is 5.56 Å². The van der Waals surface area contributed by atoms with Gasteiger partial charge in [-0.15, -0.1) is 0 Å². The van der Waals surface area contributed by atoms with Crippen molar-refractivity contribution >= 4 is 11.9 Å². The average Bonchev–Trinajstić information content (AvgIpc) is 2.62. The lowest BCUT2D eigenvalue weighted by Gasteiger charge is -2.19. The van der Waals surface area contributed by atoms with Gasteiger partial charge in [-0.05, 0) is 48.2 Å². The molecule has 0 bridgehead atoms. The van der Waals surface area contributed by atoms with Crippen LogP contribution in [0.15, 0.2) is 42.5 Å². The van der Waals surface area contributed by atoms with E-state index in [2.05, 4.69) is 5.32 Å². The third kappa shape index (κ3) is 5.10. The van der Waals surface area contributed by atoms with Crippen molar-refractivity contribution in [3.8, 4) is 0 Å². The van der Waals surface area contributed by atoms with Gasteiger partial charge in [0, 0.05) is 6.42 Å². The quantitative estimate of drug-likeness (QED) is 0.701. The van der Waals surface area contributed by atoms with Crippen LogP contribution >= 0.6 is 0 Å². The van der Waals surface area contributed by atoms with Gasteiger partial charge in [-0.2, -0.15) is 13.2 Å². The molecule has 2 aromatic carbocycles. The van der Waals surface area contributed by atoms with Crippen LogP contribution in [0.25, 0.3) is 0 Å². The predicted molar refractivity (Wildman–Crippen MR) is 95.6 cm³/mol. The maximum absolute atomic E-state index is 12.6. The number of halogens is 3. The zero-order valence-electron chi connectivity index (χ0n) is 15.2. The van der Waals surface area contributed by atoms with Gasteiger partial charge in [0.1, 0.15) is 6.04 Å². The van der Waals surface area contributed by atoms with E-state index < -0.39 is 35.8 Å². The van der Waals surface area contributed by atoms with Gasteiger partial charge in [-0.25, -0.2) is 4.79 Å². The highest BCUT2D eigenvalue weighted by molar-refractivity contribution is 5.87. The molecule has 0 aliphatic carbocycles. The Labute approximate surface area is 159 Å². The highest BCUT2D eigenvalue weighted by Gasteiger charge is 2.31. The van der Waals surface area contributed by atoms with Crippen LogP contribution in [0, 0.1) is 13.8 Å². The molecule has 0 radical (unpaired) electrons. The third-order valence-electron chi connectivity index (χ3n) is 4.47. The largest absolute Gasteiger partial charge is 0.480 e. The molecule has 0 aromatic heterocycles. The Morgan fingerprint density at radius 2 is 1.57 bits per heavy atom. The van der Waals surface area contributed by atoms with E-state index in [0.717, 1.165) is 41.0 Å². The molecule has 0 spiro atoms. The molecule has 0 unspecified atom stereocenters. The summed E-state index contributed by atoms with van der Waals surface area (Å²) in [5.41, 5.74) is 1.51. The topological polar surface area (TPSA) is 86.6 Å². The molecule has 3 N–H and O–H groups in total. The lowest BCUT2D eigenvalue weighted by Crippen LogP contribution is -2.44. The molecule has 150 valence electrons. The van der Waals surface area contributed by atoms with E-state index in [9.17, 15) is 33.0 Å². The van der Waals surface area contributed by atoms with Crippen LogP contribution in [0.4, 0.5) is 13.2 Å². The minimum absolute atomic E-state index is 0.0132. The highest BCUT2D eigenvalue weighted by atomic mass is 19.4. The van der Waals surface area contributed by atoms with E-state index in [0.29, 0.717) is 0 Å². The van der Waals surface area contributed by atoms with Gasteiger partial charge in [-0.3, -0.25) is 4.79 Å². The monoisotopic (exact) mass is 395 g/mol. The number of alkyl halides is 3. The van der Waals surface area contributed by atoms with Crippen molar-refractivity contribution < 1.29 is 33.0 Å². The summed E-state index contributed by atoms with van der Waals surface area (Å²) in [6.07, 6.45) is -6.31. The van der Waals surface area contributed by atoms with Gasteiger partial charge in [0.15, 0.2) is 6.10 Å². The molecule has 0 saturated carbocycles. The number of carboxylic acids is 1. The Kier molecular flexibility index (Phi) is 6.45.